The Kier molecular flexibility index (Phi) is 7.45. The number of fused-ring (bicyclic) bond motifs is 1. The quantitative estimate of drug-likeness (QED) is 0.281. The van der Waals surface area contributed by atoms with Crippen LogP contribution in [0.15, 0.2) is 65.6 Å². The lowest BCUT2D eigenvalue weighted by Gasteiger charge is -2.18. The van der Waals surface area contributed by atoms with Gasteiger partial charge >= 0.3 is 6.11 Å². The van der Waals surface area contributed by atoms with Crippen molar-refractivity contribution in [3.05, 3.63) is 83.7 Å². The summed E-state index contributed by atoms with van der Waals surface area (Å²) in [7, 11) is -3.35. The number of ether oxygens (including phenoxy) is 1. The molecule has 3 aromatic carbocycles. The summed E-state index contributed by atoms with van der Waals surface area (Å²) in [6, 6.07) is 12.4. The van der Waals surface area contributed by atoms with Crippen molar-refractivity contribution in [1.29, 1.82) is 0 Å². The van der Waals surface area contributed by atoms with Gasteiger partial charge in [0.15, 0.2) is 21.4 Å². The number of amides is 1. The number of halogens is 4. The average molecular weight is 550 g/mol. The molecule has 7 nitrogen and oxygen atoms in total. The van der Waals surface area contributed by atoms with Gasteiger partial charge < -0.3 is 14.6 Å². The minimum Gasteiger partial charge on any atom is -0.423 e. The van der Waals surface area contributed by atoms with Gasteiger partial charge in [-0.2, -0.15) is 8.78 Å². The zero-order valence-corrected chi connectivity index (χ0v) is 21.2. The Bertz CT molecular complexity index is 1600. The van der Waals surface area contributed by atoms with E-state index in [1.54, 1.807) is 26.0 Å². The second kappa shape index (κ2) is 10.4. The molecule has 0 spiro atoms. The van der Waals surface area contributed by atoms with Gasteiger partial charge in [-0.1, -0.05) is 19.1 Å². The second-order valence-corrected chi connectivity index (χ2v) is 10.6. The van der Waals surface area contributed by atoms with E-state index in [0.717, 1.165) is 12.1 Å². The van der Waals surface area contributed by atoms with Crippen LogP contribution in [0.4, 0.5) is 23.2 Å². The van der Waals surface area contributed by atoms with Crippen LogP contribution in [0.2, 0.25) is 0 Å². The molecule has 4 rings (SSSR count). The van der Waals surface area contributed by atoms with Crippen LogP contribution in [-0.2, 0) is 33.7 Å². The maximum absolute atomic E-state index is 15.0. The van der Waals surface area contributed by atoms with Gasteiger partial charge in [-0.15, -0.1) is 0 Å². The van der Waals surface area contributed by atoms with E-state index in [9.17, 15) is 22.0 Å². The van der Waals surface area contributed by atoms with Crippen LogP contribution in [0.3, 0.4) is 0 Å². The van der Waals surface area contributed by atoms with E-state index < -0.39 is 45.1 Å². The summed E-state index contributed by atoms with van der Waals surface area (Å²) < 4.78 is 86.7. The standard InChI is InChI=1S/C26H23F4N3O4S/c1-3-33-22-11-8-18(31-24(34)13-16-5-9-19(10-6-16)38(35,36)4-2)15-21(22)32-25(33)26(29,30)37-23-12-7-17(27)14-20(23)28/h5-12,14-15H,3-4,13H2,1-2H3,(H,31,34). The Balaban J connectivity index is 1.54. The number of anilines is 1. The molecule has 4 aromatic rings. The first-order valence-corrected chi connectivity index (χ1v) is 13.2. The molecule has 1 N–H and O–H groups in total. The number of hydrogen-bond donors (Lipinski definition) is 1. The lowest BCUT2D eigenvalue weighted by atomic mass is 10.1. The van der Waals surface area contributed by atoms with Crippen LogP contribution >= 0.6 is 0 Å². The number of hydrogen-bond acceptors (Lipinski definition) is 5. The Morgan fingerprint density at radius 3 is 2.37 bits per heavy atom. The van der Waals surface area contributed by atoms with Crippen molar-refractivity contribution in [3.63, 3.8) is 0 Å². The highest BCUT2D eigenvalue weighted by atomic mass is 32.2. The number of nitrogens with one attached hydrogen (secondary N) is 1. The Morgan fingerprint density at radius 2 is 1.74 bits per heavy atom. The van der Waals surface area contributed by atoms with Crippen molar-refractivity contribution in [3.8, 4) is 5.75 Å². The zero-order valence-electron chi connectivity index (χ0n) is 20.3. The van der Waals surface area contributed by atoms with Crippen LogP contribution in [0.25, 0.3) is 11.0 Å². The molecule has 0 aliphatic carbocycles. The van der Waals surface area contributed by atoms with Crippen LogP contribution in [0, 0.1) is 11.6 Å². The third-order valence-electron chi connectivity index (χ3n) is 5.77. The molecule has 1 amide bonds. The van der Waals surface area contributed by atoms with E-state index in [1.807, 2.05) is 0 Å². The monoisotopic (exact) mass is 549 g/mol. The van der Waals surface area contributed by atoms with Crippen LogP contribution in [0.1, 0.15) is 25.2 Å². The van der Waals surface area contributed by atoms with Crippen molar-refractivity contribution in [2.45, 2.75) is 37.8 Å². The van der Waals surface area contributed by atoms with E-state index in [4.69, 9.17) is 0 Å². The smallest absolute Gasteiger partial charge is 0.423 e. The number of carbonyl (C=O) groups is 1. The second-order valence-electron chi connectivity index (χ2n) is 8.35. The lowest BCUT2D eigenvalue weighted by Crippen LogP contribution is -2.27. The summed E-state index contributed by atoms with van der Waals surface area (Å²) in [4.78, 5) is 16.7. The maximum atomic E-state index is 15.0. The van der Waals surface area contributed by atoms with Gasteiger partial charge in [0.2, 0.25) is 11.7 Å². The Morgan fingerprint density at radius 1 is 1.03 bits per heavy atom. The molecule has 0 aliphatic heterocycles. The molecule has 1 heterocycles. The molecule has 1 aromatic heterocycles. The fourth-order valence-electron chi connectivity index (χ4n) is 3.86. The van der Waals surface area contributed by atoms with Crippen molar-refractivity contribution < 1.29 is 35.5 Å². The molecule has 0 bridgehead atoms. The summed E-state index contributed by atoms with van der Waals surface area (Å²) in [6.07, 6.45) is -4.09. The average Bonchev–Trinajstić information content (AvgIpc) is 3.25. The summed E-state index contributed by atoms with van der Waals surface area (Å²) in [5.41, 5.74) is 1.35. The number of aromatic nitrogens is 2. The third kappa shape index (κ3) is 5.64. The fourth-order valence-corrected chi connectivity index (χ4v) is 4.75. The van der Waals surface area contributed by atoms with Crippen molar-refractivity contribution in [2.75, 3.05) is 11.1 Å². The highest BCUT2D eigenvalue weighted by Gasteiger charge is 2.41. The molecule has 0 atom stereocenters. The fraction of sp³-hybridized carbons (Fsp3) is 0.231. The normalized spacial score (nSPS) is 12.1. The number of sulfone groups is 1. The first-order valence-electron chi connectivity index (χ1n) is 11.6. The number of imidazole rings is 1. The van der Waals surface area contributed by atoms with Crippen LogP contribution in [-0.4, -0.2) is 29.6 Å². The first-order chi connectivity index (χ1) is 17.9. The van der Waals surface area contributed by atoms with Crippen LogP contribution in [0.5, 0.6) is 5.75 Å². The highest BCUT2D eigenvalue weighted by Crippen LogP contribution is 2.35. The summed E-state index contributed by atoms with van der Waals surface area (Å²) in [5, 5.41) is 2.67. The SMILES string of the molecule is CCn1c(C(F)(F)Oc2ccc(F)cc2F)nc2cc(NC(=O)Cc3ccc(S(=O)(=O)CC)cc3)ccc21. The van der Waals surface area contributed by atoms with Gasteiger partial charge in [0.1, 0.15) is 5.82 Å². The van der Waals surface area contributed by atoms with Crippen molar-refractivity contribution in [2.24, 2.45) is 0 Å². The molecule has 0 saturated carbocycles. The van der Waals surface area contributed by atoms with E-state index in [-0.39, 0.29) is 29.1 Å². The predicted molar refractivity (Wildman–Crippen MR) is 133 cm³/mol. The zero-order chi connectivity index (χ0) is 27.7. The molecular weight excluding hydrogens is 526 g/mol. The Labute approximate surface area is 216 Å². The minimum absolute atomic E-state index is 0.0357. The number of carbonyl (C=O) groups excluding carboxylic acids is 1. The lowest BCUT2D eigenvalue weighted by molar-refractivity contribution is -0.195. The maximum Gasteiger partial charge on any atom is 0.461 e. The van der Waals surface area contributed by atoms with Gasteiger partial charge in [-0.25, -0.2) is 22.2 Å². The highest BCUT2D eigenvalue weighted by molar-refractivity contribution is 7.91. The molecule has 0 fully saturated rings. The van der Waals surface area contributed by atoms with Crippen molar-refractivity contribution >= 4 is 32.5 Å². The Hall–Kier alpha value is -3.93. The van der Waals surface area contributed by atoms with E-state index >= 15 is 8.78 Å². The minimum atomic E-state index is -4.05. The van der Waals surface area contributed by atoms with Gasteiger partial charge in [0, 0.05) is 18.3 Å². The third-order valence-corrected chi connectivity index (χ3v) is 7.52. The van der Waals surface area contributed by atoms with Crippen molar-refractivity contribution in [1.82, 2.24) is 9.55 Å². The van der Waals surface area contributed by atoms with E-state index in [0.29, 0.717) is 22.8 Å². The molecule has 0 saturated heterocycles. The van der Waals surface area contributed by atoms with Crippen LogP contribution < -0.4 is 10.1 Å². The molecular formula is C26H23F4N3O4S. The van der Waals surface area contributed by atoms with Gasteiger partial charge in [-0.05, 0) is 55.0 Å². The summed E-state index contributed by atoms with van der Waals surface area (Å²) >= 11 is 0. The van der Waals surface area contributed by atoms with Gasteiger partial charge in [-0.3, -0.25) is 4.79 Å². The van der Waals surface area contributed by atoms with Gasteiger partial charge in [0.05, 0.1) is 28.1 Å². The number of benzene rings is 3. The number of alkyl halides is 2. The first kappa shape index (κ1) is 27.1. The number of rotatable bonds is 9. The summed E-state index contributed by atoms with van der Waals surface area (Å²) in [6.45, 7) is 3.25. The molecule has 200 valence electrons. The summed E-state index contributed by atoms with van der Waals surface area (Å²) in [5.74, 6) is -4.29. The van der Waals surface area contributed by atoms with Gasteiger partial charge in [0.25, 0.3) is 0 Å². The molecule has 0 aliphatic rings. The van der Waals surface area contributed by atoms with E-state index in [1.165, 1.54) is 34.9 Å². The van der Waals surface area contributed by atoms with E-state index in [2.05, 4.69) is 15.0 Å². The molecule has 38 heavy (non-hydrogen) atoms. The number of nitrogens with zero attached hydrogens (tertiary/aromatic N) is 2. The number of aryl methyl sites for hydroxylation is 1. The largest absolute Gasteiger partial charge is 0.461 e. The molecule has 12 heteroatoms. The molecule has 0 radical (unpaired) electrons. The predicted octanol–water partition coefficient (Wildman–Crippen LogP) is 5.44. The molecule has 0 unspecified atom stereocenters. The topological polar surface area (TPSA) is 90.3 Å².